The monoisotopic (exact) mass is 389 g/mol. The first-order valence-electron chi connectivity index (χ1n) is 9.58. The Hall–Kier alpha value is -2.53. The van der Waals surface area contributed by atoms with Gasteiger partial charge in [0.25, 0.3) is 0 Å². The van der Waals surface area contributed by atoms with E-state index < -0.39 is 29.4 Å². The Kier molecular flexibility index (Phi) is 9.52. The second kappa shape index (κ2) is 11.3. The van der Waals surface area contributed by atoms with Crippen LogP contribution in [0.2, 0.25) is 0 Å². The number of hydrogen-bond acceptors (Lipinski definition) is 5. The number of ether oxygens (including phenoxy) is 2. The predicted molar refractivity (Wildman–Crippen MR) is 107 cm³/mol. The van der Waals surface area contributed by atoms with E-state index in [1.165, 1.54) is 0 Å². The van der Waals surface area contributed by atoms with Crippen LogP contribution >= 0.6 is 0 Å². The largest absolute Gasteiger partial charge is 0.461 e. The van der Waals surface area contributed by atoms with Crippen LogP contribution in [0.4, 0.5) is 0 Å². The third kappa shape index (κ3) is 8.91. The molecule has 0 aliphatic carbocycles. The summed E-state index contributed by atoms with van der Waals surface area (Å²) >= 11 is 0. The molecule has 28 heavy (non-hydrogen) atoms. The Morgan fingerprint density at radius 3 is 2.29 bits per heavy atom. The van der Waals surface area contributed by atoms with E-state index in [2.05, 4.69) is 10.0 Å². The first kappa shape index (κ1) is 23.5. The summed E-state index contributed by atoms with van der Waals surface area (Å²) in [4.78, 5) is 28.4. The van der Waals surface area contributed by atoms with Gasteiger partial charge in [0.1, 0.15) is 12.2 Å². The van der Waals surface area contributed by atoms with Crippen LogP contribution in [0.25, 0.3) is 10.4 Å². The Morgan fingerprint density at radius 2 is 1.75 bits per heavy atom. The topological polar surface area (TPSA) is 101 Å². The zero-order valence-electron chi connectivity index (χ0n) is 17.4. The van der Waals surface area contributed by atoms with Crippen LogP contribution < -0.4 is 0 Å². The van der Waals surface area contributed by atoms with Crippen LogP contribution in [-0.4, -0.2) is 24.1 Å². The van der Waals surface area contributed by atoms with Crippen molar-refractivity contribution in [1.82, 2.24) is 0 Å². The van der Waals surface area contributed by atoms with Crippen LogP contribution in [-0.2, 0) is 25.7 Å². The highest BCUT2D eigenvalue weighted by molar-refractivity contribution is 5.82. The number of carbonyl (C=O) groups is 2. The molecule has 0 aliphatic rings. The molecule has 1 aromatic carbocycles. The molecule has 0 saturated carbocycles. The van der Waals surface area contributed by atoms with Crippen LogP contribution in [0.1, 0.15) is 53.0 Å². The van der Waals surface area contributed by atoms with Gasteiger partial charge in [-0.2, -0.15) is 0 Å². The fourth-order valence-corrected chi connectivity index (χ4v) is 2.87. The van der Waals surface area contributed by atoms with E-state index in [-0.39, 0.29) is 25.5 Å². The normalized spacial score (nSPS) is 13.4. The number of hydrogen-bond donors (Lipinski definition) is 0. The van der Waals surface area contributed by atoms with Gasteiger partial charge in [-0.25, -0.2) is 0 Å². The Labute approximate surface area is 167 Å². The molecule has 0 fully saturated rings. The van der Waals surface area contributed by atoms with Crippen LogP contribution in [0.3, 0.4) is 0 Å². The van der Waals surface area contributed by atoms with Crippen molar-refractivity contribution < 1.29 is 19.1 Å². The Balaban J connectivity index is 3.00. The fraction of sp³-hybridized carbons (Fsp3) is 0.619. The van der Waals surface area contributed by atoms with Gasteiger partial charge in [-0.15, -0.1) is 0 Å². The molecule has 0 spiro atoms. The van der Waals surface area contributed by atoms with Crippen molar-refractivity contribution in [2.24, 2.45) is 22.9 Å². The second-order valence-corrected chi connectivity index (χ2v) is 8.21. The summed E-state index contributed by atoms with van der Waals surface area (Å²) in [7, 11) is 0. The molecule has 7 nitrogen and oxygen atoms in total. The predicted octanol–water partition coefficient (Wildman–Crippen LogP) is 5.05. The number of azide groups is 1. The lowest BCUT2D eigenvalue weighted by molar-refractivity contribution is -0.169. The minimum absolute atomic E-state index is 0.112. The third-order valence-corrected chi connectivity index (χ3v) is 4.05. The molecule has 154 valence electrons. The molecule has 0 N–H and O–H groups in total. The van der Waals surface area contributed by atoms with Crippen molar-refractivity contribution in [3.8, 4) is 0 Å². The molecule has 0 amide bonds. The molecule has 2 atom stereocenters. The molecular weight excluding hydrogens is 358 g/mol. The van der Waals surface area contributed by atoms with E-state index in [0.717, 1.165) is 5.56 Å². The minimum atomic E-state index is -0.726. The minimum Gasteiger partial charge on any atom is -0.461 e. The van der Waals surface area contributed by atoms with Crippen LogP contribution in [0, 0.1) is 17.8 Å². The maximum absolute atomic E-state index is 12.9. The highest BCUT2D eigenvalue weighted by atomic mass is 16.6. The molecule has 0 aliphatic heterocycles. The molecule has 0 saturated heterocycles. The van der Waals surface area contributed by atoms with Crippen molar-refractivity contribution in [3.05, 3.63) is 46.3 Å². The number of rotatable bonds is 10. The second-order valence-electron chi connectivity index (χ2n) is 8.21. The number of benzene rings is 1. The highest BCUT2D eigenvalue weighted by Gasteiger charge is 2.37. The van der Waals surface area contributed by atoms with E-state index in [0.29, 0.717) is 6.42 Å². The molecule has 0 aromatic heterocycles. The molecule has 1 aromatic rings. The summed E-state index contributed by atoms with van der Waals surface area (Å²) in [6.45, 7) is 9.56. The summed E-state index contributed by atoms with van der Waals surface area (Å²) in [6.07, 6.45) is 0.713. The first-order valence-corrected chi connectivity index (χ1v) is 9.58. The van der Waals surface area contributed by atoms with Crippen molar-refractivity contribution in [2.45, 2.75) is 59.7 Å². The molecule has 0 unspecified atom stereocenters. The maximum Gasteiger partial charge on any atom is 0.310 e. The molecule has 0 heterocycles. The molecular formula is C21H31N3O4. The molecule has 7 heteroatoms. The van der Waals surface area contributed by atoms with E-state index in [4.69, 9.17) is 15.0 Å². The van der Waals surface area contributed by atoms with E-state index >= 15 is 0 Å². The van der Waals surface area contributed by atoms with Crippen molar-refractivity contribution >= 4 is 11.9 Å². The zero-order valence-corrected chi connectivity index (χ0v) is 17.4. The molecule has 1 rings (SSSR count). The fourth-order valence-electron chi connectivity index (χ4n) is 2.87. The van der Waals surface area contributed by atoms with Crippen molar-refractivity contribution in [3.63, 3.8) is 0 Å². The SMILES string of the molecule is CC(C)C[C@@H](C(=O)OCc1ccccc1)[C@H](CCN=[N+]=[N-])C(=O)OC(C)(C)C. The first-order chi connectivity index (χ1) is 13.1. The van der Waals surface area contributed by atoms with E-state index in [9.17, 15) is 9.59 Å². The Bertz CT molecular complexity index is 677. The van der Waals surface area contributed by atoms with Gasteiger partial charge in [-0.1, -0.05) is 49.3 Å². The van der Waals surface area contributed by atoms with Crippen molar-refractivity contribution in [2.75, 3.05) is 6.54 Å². The molecule has 0 bridgehead atoms. The lowest BCUT2D eigenvalue weighted by atomic mass is 9.83. The average molecular weight is 389 g/mol. The highest BCUT2D eigenvalue weighted by Crippen LogP contribution is 2.28. The maximum atomic E-state index is 12.9. The number of esters is 2. The van der Waals surface area contributed by atoms with Gasteiger partial charge >= 0.3 is 11.9 Å². The Morgan fingerprint density at radius 1 is 1.11 bits per heavy atom. The van der Waals surface area contributed by atoms with Gasteiger partial charge in [-0.3, -0.25) is 9.59 Å². The summed E-state index contributed by atoms with van der Waals surface area (Å²) in [5.74, 6) is -2.11. The summed E-state index contributed by atoms with van der Waals surface area (Å²) < 4.78 is 11.0. The van der Waals surface area contributed by atoms with Gasteiger partial charge in [0.05, 0.1) is 11.8 Å². The number of carbonyl (C=O) groups excluding carboxylic acids is 2. The molecule has 0 radical (unpaired) electrons. The van der Waals surface area contributed by atoms with Gasteiger partial charge in [-0.05, 0) is 50.6 Å². The summed E-state index contributed by atoms with van der Waals surface area (Å²) in [5, 5.41) is 3.53. The van der Waals surface area contributed by atoms with Crippen LogP contribution in [0.15, 0.2) is 35.4 Å². The van der Waals surface area contributed by atoms with Crippen LogP contribution in [0.5, 0.6) is 0 Å². The van der Waals surface area contributed by atoms with E-state index in [1.807, 2.05) is 44.2 Å². The van der Waals surface area contributed by atoms with Gasteiger partial charge in [0.15, 0.2) is 0 Å². The smallest absolute Gasteiger partial charge is 0.310 e. The average Bonchev–Trinajstić information content (AvgIpc) is 2.61. The lowest BCUT2D eigenvalue weighted by Gasteiger charge is -2.29. The van der Waals surface area contributed by atoms with E-state index in [1.54, 1.807) is 20.8 Å². The lowest BCUT2D eigenvalue weighted by Crippen LogP contribution is -2.37. The van der Waals surface area contributed by atoms with Gasteiger partial charge < -0.3 is 9.47 Å². The third-order valence-electron chi connectivity index (χ3n) is 4.05. The van der Waals surface area contributed by atoms with Gasteiger partial charge in [0.2, 0.25) is 0 Å². The summed E-state index contributed by atoms with van der Waals surface area (Å²) in [5.41, 5.74) is 8.76. The quantitative estimate of drug-likeness (QED) is 0.242. The van der Waals surface area contributed by atoms with Gasteiger partial charge in [0, 0.05) is 11.5 Å². The standard InChI is InChI=1S/C21H31N3O4/c1-15(2)13-18(19(25)27-14-16-9-7-6-8-10-16)17(11-12-23-24-22)20(26)28-21(3,4)5/h6-10,15,17-18H,11-14H2,1-5H3/t17-,18+/m0/s1. The summed E-state index contributed by atoms with van der Waals surface area (Å²) in [6, 6.07) is 9.38. The van der Waals surface area contributed by atoms with Crippen molar-refractivity contribution in [1.29, 1.82) is 0 Å². The zero-order chi connectivity index (χ0) is 21.2. The number of nitrogens with zero attached hydrogens (tertiary/aromatic N) is 3.